The number of carbonyl (C=O) groups is 4. The fourth-order valence-corrected chi connectivity index (χ4v) is 11.9. The smallest absolute Gasteiger partial charge is 0.425 e. The molecule has 40 heteroatoms. The summed E-state index contributed by atoms with van der Waals surface area (Å²) in [6, 6.07) is 28.6. The van der Waals surface area contributed by atoms with E-state index in [1.807, 2.05) is 0 Å². The molecule has 4 amide bonds. The number of carbonyl (C=O) groups excluding carboxylic acids is 4. The number of anilines is 4. The Balaban J connectivity index is 0.000000190. The number of fused-ring (bicyclic) bond motifs is 4. The number of hydrogen-bond donors (Lipinski definition) is 3. The summed E-state index contributed by atoms with van der Waals surface area (Å²) in [6.45, 7) is 20.3. The van der Waals surface area contributed by atoms with Crippen molar-refractivity contribution in [3.63, 3.8) is 0 Å². The number of nitrogen functional groups attached to an aromatic ring is 1. The molecule has 0 aliphatic carbocycles. The zero-order valence-electron chi connectivity index (χ0n) is 63.8. The summed E-state index contributed by atoms with van der Waals surface area (Å²) in [7, 11) is -3.50. The second-order valence-electron chi connectivity index (χ2n) is 28.7. The van der Waals surface area contributed by atoms with Gasteiger partial charge in [0.2, 0.25) is 10.0 Å². The van der Waals surface area contributed by atoms with Crippen molar-refractivity contribution in [3.05, 3.63) is 207 Å². The molecule has 26 nitrogen and oxygen atoms in total. The molecule has 4 heterocycles. The number of benzene rings is 8. The van der Waals surface area contributed by atoms with Gasteiger partial charge < -0.3 is 62.1 Å². The molecule has 12 aromatic rings. The van der Waals surface area contributed by atoms with Crippen LogP contribution in [-0.2, 0) is 54.1 Å². The standard InChI is InChI=1S/C24H25Cl2FN2O6.C18H22BrClN2O5.C15H11Cl2FN2O4S.C14H9Cl2FN2O2.C6H4ClFO/c1-23(2,3)33-21(30)29(22(31)34-24(4,5)6)20-15-11-17(26)13(9-19(15)35-28-20)12-32-14-7-8-16(25)18(27)10-14;1-17(2,3)25-15(23)22(16(24)26-18(4,5)6)14-11-8-12(20)10(9-19)7-13(11)27-21-14;1-25(21,22)20-15-10-6-12(17)8(4-14(10)24-19-15)7-23-9-2-3-11(16)13(18)5-9;15-10-2-1-8(4-12(10)17)20-6-7-3-13-9(5-11(7)16)14(18)19-21-13;7-5-2-1-4(9)3-6(5)8/h7-11H,12H2,1-6H3;7-8H,9H2,1-6H3;2-6H,7H2,1H3,(H,19,20);1-5H,6H2,(H2,18,19);1-3,9H. The van der Waals surface area contributed by atoms with Crippen molar-refractivity contribution in [2.75, 3.05) is 26.5 Å². The quantitative estimate of drug-likeness (QED) is 0.0517. The summed E-state index contributed by atoms with van der Waals surface area (Å²) in [5.74, 6) is -1.43. The second-order valence-corrected chi connectivity index (χ2v) is 34.2. The molecule has 0 fully saturated rings. The van der Waals surface area contributed by atoms with Crippen LogP contribution >= 0.6 is 109 Å². The Morgan fingerprint density at radius 1 is 0.427 bits per heavy atom. The molecule has 0 spiro atoms. The number of hydrogen-bond acceptors (Lipinski definition) is 23. The number of aromatic hydroxyl groups is 1. The van der Waals surface area contributed by atoms with Crippen molar-refractivity contribution in [1.82, 2.24) is 20.6 Å². The van der Waals surface area contributed by atoms with Gasteiger partial charge >= 0.3 is 24.4 Å². The van der Waals surface area contributed by atoms with Crippen molar-refractivity contribution in [3.8, 4) is 23.0 Å². The molecule has 0 unspecified atom stereocenters. The first-order chi connectivity index (χ1) is 54.4. The van der Waals surface area contributed by atoms with E-state index in [1.54, 1.807) is 126 Å². The van der Waals surface area contributed by atoms with Gasteiger partial charge in [0, 0.05) is 66.4 Å². The maximum atomic E-state index is 13.7. The highest BCUT2D eigenvalue weighted by atomic mass is 79.9. The largest absolute Gasteiger partial charge is 0.508 e. The van der Waals surface area contributed by atoms with Gasteiger partial charge in [-0.25, -0.2) is 45.2 Å². The van der Waals surface area contributed by atoms with Gasteiger partial charge in [-0.1, -0.05) is 129 Å². The Bertz CT molecular complexity index is 5720. The number of ether oxygens (including phenoxy) is 7. The minimum atomic E-state index is -3.50. The lowest BCUT2D eigenvalue weighted by atomic mass is 10.1. The lowest BCUT2D eigenvalue weighted by Gasteiger charge is -2.27. The molecule has 8 aromatic carbocycles. The normalized spacial score (nSPS) is 11.6. The number of nitrogens with one attached hydrogen (secondary N) is 1. The third kappa shape index (κ3) is 26.7. The van der Waals surface area contributed by atoms with Crippen molar-refractivity contribution in [1.29, 1.82) is 0 Å². The van der Waals surface area contributed by atoms with Crippen LogP contribution in [0, 0.1) is 23.3 Å². The number of imide groups is 2. The maximum Gasteiger partial charge on any atom is 0.425 e. The van der Waals surface area contributed by atoms with Gasteiger partial charge in [-0.3, -0.25) is 4.72 Å². The minimum absolute atomic E-state index is 0.000585. The van der Waals surface area contributed by atoms with Crippen LogP contribution in [0.1, 0.15) is 105 Å². The monoisotopic (exact) mass is 1860 g/mol. The topological polar surface area (TPSA) is 336 Å². The van der Waals surface area contributed by atoms with Crippen LogP contribution in [-0.4, -0.2) is 87.2 Å². The van der Waals surface area contributed by atoms with Crippen LogP contribution in [0.4, 0.5) is 60.0 Å². The third-order valence-electron chi connectivity index (χ3n) is 14.5. The van der Waals surface area contributed by atoms with Crippen LogP contribution in [0.25, 0.3) is 43.9 Å². The molecule has 0 saturated heterocycles. The van der Waals surface area contributed by atoms with E-state index in [9.17, 15) is 45.2 Å². The van der Waals surface area contributed by atoms with Crippen molar-refractivity contribution >= 4 is 210 Å². The Hall–Kier alpha value is -9.61. The van der Waals surface area contributed by atoms with E-state index in [0.717, 1.165) is 30.0 Å². The molecule has 0 saturated carbocycles. The van der Waals surface area contributed by atoms with Gasteiger partial charge in [-0.15, -0.1) is 0 Å². The van der Waals surface area contributed by atoms with Crippen LogP contribution in [0.5, 0.6) is 23.0 Å². The van der Waals surface area contributed by atoms with E-state index in [2.05, 4.69) is 41.3 Å². The molecule has 0 bridgehead atoms. The molecule has 624 valence electrons. The summed E-state index contributed by atoms with van der Waals surface area (Å²) >= 11 is 50.6. The average molecular weight is 1870 g/mol. The number of nitrogens with two attached hydrogens (primary N) is 1. The van der Waals surface area contributed by atoms with Gasteiger partial charge in [0.15, 0.2) is 45.6 Å². The zero-order valence-corrected chi connectivity index (χ0v) is 72.3. The molecule has 0 radical (unpaired) electrons. The molecular formula is C77H71BrCl8F4N8O18S. The predicted molar refractivity (Wildman–Crippen MR) is 442 cm³/mol. The van der Waals surface area contributed by atoms with E-state index >= 15 is 0 Å². The molecule has 0 atom stereocenters. The Labute approximate surface area is 714 Å². The van der Waals surface area contributed by atoms with E-state index < -0.39 is 80.1 Å². The lowest BCUT2D eigenvalue weighted by Crippen LogP contribution is -2.44. The van der Waals surface area contributed by atoms with Crippen LogP contribution in [0.3, 0.4) is 0 Å². The van der Waals surface area contributed by atoms with Crippen LogP contribution < -0.4 is 34.5 Å². The highest BCUT2D eigenvalue weighted by Crippen LogP contribution is 2.38. The zero-order chi connectivity index (χ0) is 86.7. The van der Waals surface area contributed by atoms with Gasteiger partial charge in [0.05, 0.1) is 47.9 Å². The van der Waals surface area contributed by atoms with E-state index in [-0.39, 0.29) is 96.4 Å². The molecule has 0 aliphatic heterocycles. The number of amides is 4. The second kappa shape index (κ2) is 38.9. The third-order valence-corrected chi connectivity index (χ3v) is 18.3. The highest BCUT2D eigenvalue weighted by Gasteiger charge is 2.38. The number of nitrogens with zero attached hydrogens (tertiary/aromatic N) is 6. The molecule has 0 aliphatic rings. The summed E-state index contributed by atoms with van der Waals surface area (Å²) in [5, 5.41) is 27.5. The molecule has 12 rings (SSSR count). The van der Waals surface area contributed by atoms with Crippen LogP contribution in [0.2, 0.25) is 40.2 Å². The van der Waals surface area contributed by atoms with E-state index in [1.165, 1.54) is 60.7 Å². The predicted octanol–water partition coefficient (Wildman–Crippen LogP) is 24.4. The van der Waals surface area contributed by atoms with Crippen molar-refractivity contribution < 1.29 is 102 Å². The number of aromatic nitrogens is 4. The number of rotatable bonds is 14. The molecule has 4 aromatic heterocycles. The Kier molecular flexibility index (Phi) is 30.9. The number of alkyl halides is 1. The van der Waals surface area contributed by atoms with Gasteiger partial charge in [0.1, 0.15) is 88.5 Å². The number of halogens is 13. The van der Waals surface area contributed by atoms with E-state index in [0.29, 0.717) is 85.5 Å². The average Bonchev–Trinajstić information content (AvgIpc) is 1.66. The van der Waals surface area contributed by atoms with Crippen molar-refractivity contribution in [2.24, 2.45) is 0 Å². The first-order valence-electron chi connectivity index (χ1n) is 33.9. The fourth-order valence-electron chi connectivity index (χ4n) is 9.39. The van der Waals surface area contributed by atoms with Gasteiger partial charge in [0.25, 0.3) is 0 Å². The van der Waals surface area contributed by atoms with Crippen molar-refractivity contribution in [2.45, 2.75) is 131 Å². The number of sulfonamides is 1. The first-order valence-corrected chi connectivity index (χ1v) is 40.0. The SMILES string of the molecule is CC(C)(C)OC(=O)N(C(=O)OC(C)(C)C)c1noc2cc(CBr)c(Cl)cc12.CC(C)(C)OC(=O)N(C(=O)OC(C)(C)C)c1noc2cc(COc3ccc(Cl)c(F)c3)c(Cl)cc12.CS(=O)(=O)Nc1noc2cc(COc3ccc(Cl)c(F)c3)c(Cl)cc12.Nc1noc2cc(COc3ccc(Cl)c(F)c3)c(Cl)cc12.Oc1ccc(Cl)c(F)c1. The Morgan fingerprint density at radius 3 is 1.04 bits per heavy atom. The molecule has 117 heavy (non-hydrogen) atoms. The number of phenolic OH excluding ortho intramolecular Hbond substituents is 1. The van der Waals surface area contributed by atoms with Crippen LogP contribution in [0.15, 0.2) is 139 Å². The minimum Gasteiger partial charge on any atom is -0.508 e. The summed E-state index contributed by atoms with van der Waals surface area (Å²) in [6.07, 6.45) is -2.83. The number of phenols is 1. The lowest BCUT2D eigenvalue weighted by molar-refractivity contribution is 0.0406. The van der Waals surface area contributed by atoms with E-state index in [4.69, 9.17) is 155 Å². The molecular weight excluding hydrogens is 1800 g/mol. The maximum absolute atomic E-state index is 13.7. The highest BCUT2D eigenvalue weighted by molar-refractivity contribution is 9.08. The summed E-state index contributed by atoms with van der Waals surface area (Å²) < 4.78 is 136. The summed E-state index contributed by atoms with van der Waals surface area (Å²) in [5.41, 5.74) is 6.19. The van der Waals surface area contributed by atoms with Gasteiger partial charge in [-0.2, -0.15) is 9.80 Å². The van der Waals surface area contributed by atoms with Gasteiger partial charge in [-0.05, 0) is 186 Å². The molecule has 4 N–H and O–H groups in total. The first kappa shape index (κ1) is 92.9. The Morgan fingerprint density at radius 2 is 0.718 bits per heavy atom. The fraction of sp³-hybridized carbons (Fsp3) is 0.273. The summed E-state index contributed by atoms with van der Waals surface area (Å²) in [4.78, 5) is 52.6.